The topological polar surface area (TPSA) is 62.6 Å². The Bertz CT molecular complexity index is 414. The van der Waals surface area contributed by atoms with E-state index in [9.17, 15) is 9.59 Å². The molecule has 1 aromatic heterocycles. The van der Waals surface area contributed by atoms with Gasteiger partial charge >= 0.3 is 0 Å². The SMILES string of the molecule is CCCNC(=O)[C@@H]1CC(=O)N(Cc2ccco2)C1. The van der Waals surface area contributed by atoms with Gasteiger partial charge in [0.05, 0.1) is 18.7 Å². The second kappa shape index (κ2) is 5.71. The molecular formula is C13H18N2O3. The highest BCUT2D eigenvalue weighted by Crippen LogP contribution is 2.20. The molecule has 1 aliphatic rings. The molecular weight excluding hydrogens is 232 g/mol. The van der Waals surface area contributed by atoms with Crippen molar-refractivity contribution in [3.8, 4) is 0 Å². The molecule has 0 radical (unpaired) electrons. The van der Waals surface area contributed by atoms with E-state index in [-0.39, 0.29) is 17.7 Å². The summed E-state index contributed by atoms with van der Waals surface area (Å²) in [5.41, 5.74) is 0. The Kier molecular flexibility index (Phi) is 4.02. The molecule has 18 heavy (non-hydrogen) atoms. The molecule has 5 nitrogen and oxygen atoms in total. The quantitative estimate of drug-likeness (QED) is 0.852. The van der Waals surface area contributed by atoms with Gasteiger partial charge in [0.2, 0.25) is 11.8 Å². The van der Waals surface area contributed by atoms with E-state index in [1.165, 1.54) is 0 Å². The standard InChI is InChI=1S/C13H18N2O3/c1-2-5-14-13(17)10-7-12(16)15(8-10)9-11-4-3-6-18-11/h3-4,6,10H,2,5,7-9H2,1H3,(H,14,17)/t10-/m1/s1. The molecule has 2 amide bonds. The highest BCUT2D eigenvalue weighted by atomic mass is 16.3. The minimum Gasteiger partial charge on any atom is -0.467 e. The van der Waals surface area contributed by atoms with E-state index in [0.29, 0.717) is 26.1 Å². The van der Waals surface area contributed by atoms with E-state index < -0.39 is 0 Å². The smallest absolute Gasteiger partial charge is 0.225 e. The summed E-state index contributed by atoms with van der Waals surface area (Å²) in [6.45, 7) is 3.60. The molecule has 0 saturated carbocycles. The largest absolute Gasteiger partial charge is 0.467 e. The molecule has 98 valence electrons. The second-order valence-electron chi connectivity index (χ2n) is 4.55. The van der Waals surface area contributed by atoms with Gasteiger partial charge in [-0.05, 0) is 18.6 Å². The predicted molar refractivity (Wildman–Crippen MR) is 65.5 cm³/mol. The first-order valence-corrected chi connectivity index (χ1v) is 6.28. The van der Waals surface area contributed by atoms with Crippen molar-refractivity contribution in [3.63, 3.8) is 0 Å². The van der Waals surface area contributed by atoms with Crippen molar-refractivity contribution >= 4 is 11.8 Å². The van der Waals surface area contributed by atoms with Gasteiger partial charge in [0.1, 0.15) is 5.76 Å². The lowest BCUT2D eigenvalue weighted by molar-refractivity contribution is -0.129. The predicted octanol–water partition coefficient (Wildman–Crippen LogP) is 1.15. The third kappa shape index (κ3) is 2.91. The molecule has 2 rings (SSSR count). The lowest BCUT2D eigenvalue weighted by Crippen LogP contribution is -2.33. The first kappa shape index (κ1) is 12.7. The molecule has 1 aliphatic heterocycles. The van der Waals surface area contributed by atoms with Crippen molar-refractivity contribution < 1.29 is 14.0 Å². The average molecular weight is 250 g/mol. The maximum Gasteiger partial charge on any atom is 0.225 e. The molecule has 1 saturated heterocycles. The molecule has 0 bridgehead atoms. The Balaban J connectivity index is 1.88. The lowest BCUT2D eigenvalue weighted by Gasteiger charge is -2.14. The van der Waals surface area contributed by atoms with Gasteiger partial charge in [0.15, 0.2) is 0 Å². The number of likely N-dealkylation sites (tertiary alicyclic amines) is 1. The lowest BCUT2D eigenvalue weighted by atomic mass is 10.1. The van der Waals surface area contributed by atoms with Gasteiger partial charge in [0.25, 0.3) is 0 Å². The number of amides is 2. The zero-order chi connectivity index (χ0) is 13.0. The minimum absolute atomic E-state index is 0.0167. The number of carbonyl (C=O) groups excluding carboxylic acids is 2. The first-order chi connectivity index (χ1) is 8.70. The van der Waals surface area contributed by atoms with Gasteiger partial charge in [-0.1, -0.05) is 6.92 Å². The van der Waals surface area contributed by atoms with E-state index in [0.717, 1.165) is 12.2 Å². The Labute approximate surface area is 106 Å². The Morgan fingerprint density at radius 2 is 2.44 bits per heavy atom. The average Bonchev–Trinajstić information content (AvgIpc) is 2.98. The zero-order valence-corrected chi connectivity index (χ0v) is 10.5. The van der Waals surface area contributed by atoms with Gasteiger partial charge < -0.3 is 14.6 Å². The van der Waals surface area contributed by atoms with Crippen molar-refractivity contribution in [2.24, 2.45) is 5.92 Å². The number of hydrogen-bond acceptors (Lipinski definition) is 3. The van der Waals surface area contributed by atoms with Crippen LogP contribution in [0.2, 0.25) is 0 Å². The van der Waals surface area contributed by atoms with Crippen LogP contribution in [-0.4, -0.2) is 29.8 Å². The summed E-state index contributed by atoms with van der Waals surface area (Å²) in [6, 6.07) is 3.62. The molecule has 0 aliphatic carbocycles. The van der Waals surface area contributed by atoms with Crippen molar-refractivity contribution in [2.45, 2.75) is 26.3 Å². The van der Waals surface area contributed by atoms with Crippen LogP contribution < -0.4 is 5.32 Å². The van der Waals surface area contributed by atoms with E-state index in [4.69, 9.17) is 4.42 Å². The zero-order valence-electron chi connectivity index (χ0n) is 10.5. The number of nitrogens with one attached hydrogen (secondary N) is 1. The minimum atomic E-state index is -0.223. The molecule has 2 heterocycles. The number of hydrogen-bond donors (Lipinski definition) is 1. The first-order valence-electron chi connectivity index (χ1n) is 6.28. The van der Waals surface area contributed by atoms with Crippen LogP contribution in [-0.2, 0) is 16.1 Å². The van der Waals surface area contributed by atoms with E-state index >= 15 is 0 Å². The fourth-order valence-electron chi connectivity index (χ4n) is 2.08. The fraction of sp³-hybridized carbons (Fsp3) is 0.538. The molecule has 1 fully saturated rings. The van der Waals surface area contributed by atoms with Crippen LogP contribution in [0.1, 0.15) is 25.5 Å². The van der Waals surface area contributed by atoms with E-state index in [1.54, 1.807) is 17.2 Å². The molecule has 0 aromatic carbocycles. The molecule has 0 spiro atoms. The van der Waals surface area contributed by atoms with Crippen LogP contribution in [0, 0.1) is 5.92 Å². The number of furan rings is 1. The van der Waals surface area contributed by atoms with Crippen LogP contribution in [0.15, 0.2) is 22.8 Å². The van der Waals surface area contributed by atoms with Gasteiger partial charge in [-0.2, -0.15) is 0 Å². The summed E-state index contributed by atoms with van der Waals surface area (Å²) in [4.78, 5) is 25.3. The summed E-state index contributed by atoms with van der Waals surface area (Å²) in [6.07, 6.45) is 2.79. The number of nitrogens with zero attached hydrogens (tertiary/aromatic N) is 1. The maximum atomic E-state index is 11.8. The van der Waals surface area contributed by atoms with Crippen molar-refractivity contribution in [2.75, 3.05) is 13.1 Å². The number of carbonyl (C=O) groups is 2. The van der Waals surface area contributed by atoms with Crippen LogP contribution in [0.25, 0.3) is 0 Å². The van der Waals surface area contributed by atoms with Crippen LogP contribution in [0.3, 0.4) is 0 Å². The van der Waals surface area contributed by atoms with Gasteiger partial charge in [-0.3, -0.25) is 9.59 Å². The van der Waals surface area contributed by atoms with Crippen LogP contribution in [0.4, 0.5) is 0 Å². The van der Waals surface area contributed by atoms with Crippen molar-refractivity contribution in [1.82, 2.24) is 10.2 Å². The molecule has 1 atom stereocenters. The summed E-state index contributed by atoms with van der Waals surface area (Å²) in [5, 5.41) is 2.83. The fourth-order valence-corrected chi connectivity index (χ4v) is 2.08. The van der Waals surface area contributed by atoms with Gasteiger partial charge in [0, 0.05) is 19.5 Å². The highest BCUT2D eigenvalue weighted by Gasteiger charge is 2.34. The van der Waals surface area contributed by atoms with Gasteiger partial charge in [-0.25, -0.2) is 0 Å². The monoisotopic (exact) mass is 250 g/mol. The Morgan fingerprint density at radius 3 is 3.11 bits per heavy atom. The molecule has 0 unspecified atom stereocenters. The van der Waals surface area contributed by atoms with Gasteiger partial charge in [-0.15, -0.1) is 0 Å². The summed E-state index contributed by atoms with van der Waals surface area (Å²) in [7, 11) is 0. The second-order valence-corrected chi connectivity index (χ2v) is 4.55. The van der Waals surface area contributed by atoms with Crippen LogP contribution in [0.5, 0.6) is 0 Å². The number of rotatable bonds is 5. The van der Waals surface area contributed by atoms with E-state index in [2.05, 4.69) is 5.32 Å². The third-order valence-corrected chi connectivity index (χ3v) is 3.06. The van der Waals surface area contributed by atoms with Crippen molar-refractivity contribution in [3.05, 3.63) is 24.2 Å². The molecule has 5 heteroatoms. The van der Waals surface area contributed by atoms with Crippen LogP contribution >= 0.6 is 0 Å². The van der Waals surface area contributed by atoms with Crippen molar-refractivity contribution in [1.29, 1.82) is 0 Å². The summed E-state index contributed by atoms with van der Waals surface area (Å²) < 4.78 is 5.21. The Hall–Kier alpha value is -1.78. The highest BCUT2D eigenvalue weighted by molar-refractivity contribution is 5.89. The molecule has 1 aromatic rings. The third-order valence-electron chi connectivity index (χ3n) is 3.06. The normalized spacial score (nSPS) is 19.3. The van der Waals surface area contributed by atoms with E-state index in [1.807, 2.05) is 13.0 Å². The molecule has 1 N–H and O–H groups in total. The summed E-state index contributed by atoms with van der Waals surface area (Å²) >= 11 is 0. The Morgan fingerprint density at radius 1 is 1.61 bits per heavy atom. The summed E-state index contributed by atoms with van der Waals surface area (Å²) in [5.74, 6) is 0.521. The maximum absolute atomic E-state index is 11.8.